The fraction of sp³-hybridized carbons (Fsp3) is 0.250. The zero-order chi connectivity index (χ0) is 14.5. The SMILES string of the molecule is COc1ccc(C(O)C(CN)c2ccc(Br)cc2)cc1. The average molecular weight is 336 g/mol. The maximum Gasteiger partial charge on any atom is 0.118 e. The van der Waals surface area contributed by atoms with Gasteiger partial charge >= 0.3 is 0 Å². The van der Waals surface area contributed by atoms with Crippen molar-refractivity contribution in [2.45, 2.75) is 12.0 Å². The van der Waals surface area contributed by atoms with Crippen molar-refractivity contribution < 1.29 is 9.84 Å². The van der Waals surface area contributed by atoms with Crippen LogP contribution < -0.4 is 10.5 Å². The third kappa shape index (κ3) is 3.39. The van der Waals surface area contributed by atoms with Crippen LogP contribution in [0.2, 0.25) is 0 Å². The maximum atomic E-state index is 10.5. The molecule has 0 heterocycles. The second-order valence-corrected chi connectivity index (χ2v) is 5.53. The Morgan fingerprint density at radius 3 is 2.10 bits per heavy atom. The highest BCUT2D eigenvalue weighted by atomic mass is 79.9. The molecular formula is C16H18BrNO2. The van der Waals surface area contributed by atoms with Crippen LogP contribution in [0.3, 0.4) is 0 Å². The van der Waals surface area contributed by atoms with Crippen LogP contribution in [0.1, 0.15) is 23.1 Å². The molecule has 0 aromatic heterocycles. The molecule has 0 aliphatic rings. The summed E-state index contributed by atoms with van der Waals surface area (Å²) in [5.74, 6) is 0.644. The number of ether oxygens (including phenoxy) is 1. The van der Waals surface area contributed by atoms with Crippen LogP contribution in [0.5, 0.6) is 5.75 Å². The van der Waals surface area contributed by atoms with Crippen molar-refractivity contribution in [3.05, 3.63) is 64.1 Å². The number of rotatable bonds is 5. The zero-order valence-electron chi connectivity index (χ0n) is 11.3. The molecule has 0 aliphatic carbocycles. The summed E-state index contributed by atoms with van der Waals surface area (Å²) in [5.41, 5.74) is 7.70. The molecule has 0 fully saturated rings. The number of hydrogen-bond donors (Lipinski definition) is 2. The zero-order valence-corrected chi connectivity index (χ0v) is 12.9. The lowest BCUT2D eigenvalue weighted by Crippen LogP contribution is -2.20. The van der Waals surface area contributed by atoms with E-state index in [9.17, 15) is 5.11 Å². The Bertz CT molecular complexity index is 539. The number of aliphatic hydroxyl groups excluding tert-OH is 1. The maximum absolute atomic E-state index is 10.5. The van der Waals surface area contributed by atoms with E-state index in [4.69, 9.17) is 10.5 Å². The molecule has 2 unspecified atom stereocenters. The van der Waals surface area contributed by atoms with Crippen LogP contribution in [0.25, 0.3) is 0 Å². The van der Waals surface area contributed by atoms with E-state index < -0.39 is 6.10 Å². The van der Waals surface area contributed by atoms with Crippen molar-refractivity contribution in [2.24, 2.45) is 5.73 Å². The predicted molar refractivity (Wildman–Crippen MR) is 83.9 cm³/mol. The molecule has 3 N–H and O–H groups in total. The molecule has 0 saturated heterocycles. The highest BCUT2D eigenvalue weighted by Gasteiger charge is 2.21. The van der Waals surface area contributed by atoms with E-state index in [-0.39, 0.29) is 5.92 Å². The van der Waals surface area contributed by atoms with E-state index in [1.165, 1.54) is 0 Å². The Labute approximate surface area is 127 Å². The van der Waals surface area contributed by atoms with Gasteiger partial charge in [0.05, 0.1) is 13.2 Å². The van der Waals surface area contributed by atoms with E-state index in [1.807, 2.05) is 48.5 Å². The number of nitrogens with two attached hydrogens (primary N) is 1. The number of hydrogen-bond acceptors (Lipinski definition) is 3. The predicted octanol–water partition coefficient (Wildman–Crippen LogP) is 3.23. The van der Waals surface area contributed by atoms with Gasteiger partial charge in [-0.15, -0.1) is 0 Å². The van der Waals surface area contributed by atoms with Crippen LogP contribution in [-0.4, -0.2) is 18.8 Å². The summed E-state index contributed by atoms with van der Waals surface area (Å²) in [6, 6.07) is 15.3. The topological polar surface area (TPSA) is 55.5 Å². The first-order valence-corrected chi connectivity index (χ1v) is 7.22. The third-order valence-electron chi connectivity index (χ3n) is 3.39. The quantitative estimate of drug-likeness (QED) is 0.881. The van der Waals surface area contributed by atoms with Gasteiger partial charge in [0.2, 0.25) is 0 Å². The summed E-state index contributed by atoms with van der Waals surface area (Å²) in [6.07, 6.45) is -0.632. The van der Waals surface area contributed by atoms with Crippen LogP contribution in [-0.2, 0) is 0 Å². The standard InChI is InChI=1S/C16H18BrNO2/c1-20-14-8-4-12(5-9-14)16(19)15(10-18)11-2-6-13(17)7-3-11/h2-9,15-16,19H,10,18H2,1H3. The molecule has 2 rings (SSSR count). The van der Waals surface area contributed by atoms with Gasteiger partial charge in [0.15, 0.2) is 0 Å². The number of benzene rings is 2. The molecule has 0 bridgehead atoms. The summed E-state index contributed by atoms with van der Waals surface area (Å²) in [7, 11) is 1.62. The smallest absolute Gasteiger partial charge is 0.118 e. The summed E-state index contributed by atoms with van der Waals surface area (Å²) in [4.78, 5) is 0. The first-order valence-electron chi connectivity index (χ1n) is 6.43. The van der Waals surface area contributed by atoms with Gasteiger partial charge in [-0.05, 0) is 35.4 Å². The molecule has 2 aromatic carbocycles. The highest BCUT2D eigenvalue weighted by Crippen LogP contribution is 2.31. The lowest BCUT2D eigenvalue weighted by atomic mass is 9.89. The van der Waals surface area contributed by atoms with Crippen molar-refractivity contribution in [1.82, 2.24) is 0 Å². The molecule has 106 valence electrons. The fourth-order valence-electron chi connectivity index (χ4n) is 2.19. The number of aliphatic hydroxyl groups is 1. The molecule has 0 radical (unpaired) electrons. The van der Waals surface area contributed by atoms with Gasteiger partial charge in [0.1, 0.15) is 5.75 Å². The molecule has 0 amide bonds. The fourth-order valence-corrected chi connectivity index (χ4v) is 2.45. The minimum absolute atomic E-state index is 0.128. The Morgan fingerprint density at radius 1 is 1.05 bits per heavy atom. The molecule has 0 aliphatic heterocycles. The molecule has 4 heteroatoms. The van der Waals surface area contributed by atoms with Crippen molar-refractivity contribution in [3.63, 3.8) is 0 Å². The molecule has 0 saturated carbocycles. The van der Waals surface area contributed by atoms with Crippen molar-refractivity contribution in [2.75, 3.05) is 13.7 Å². The van der Waals surface area contributed by atoms with Gasteiger partial charge < -0.3 is 15.6 Å². The lowest BCUT2D eigenvalue weighted by Gasteiger charge is -2.22. The van der Waals surface area contributed by atoms with E-state index in [2.05, 4.69) is 15.9 Å². The van der Waals surface area contributed by atoms with Gasteiger partial charge in [-0.25, -0.2) is 0 Å². The van der Waals surface area contributed by atoms with Gasteiger partial charge in [-0.3, -0.25) is 0 Å². The van der Waals surface area contributed by atoms with E-state index in [0.717, 1.165) is 21.3 Å². The van der Waals surface area contributed by atoms with Crippen LogP contribution in [0.4, 0.5) is 0 Å². The molecule has 20 heavy (non-hydrogen) atoms. The van der Waals surface area contributed by atoms with Gasteiger partial charge in [0, 0.05) is 16.9 Å². The monoisotopic (exact) mass is 335 g/mol. The highest BCUT2D eigenvalue weighted by molar-refractivity contribution is 9.10. The van der Waals surface area contributed by atoms with Gasteiger partial charge in [-0.1, -0.05) is 40.2 Å². The summed E-state index contributed by atoms with van der Waals surface area (Å²) in [6.45, 7) is 0.384. The van der Waals surface area contributed by atoms with Crippen molar-refractivity contribution in [3.8, 4) is 5.75 Å². The van der Waals surface area contributed by atoms with E-state index in [0.29, 0.717) is 6.54 Å². The largest absolute Gasteiger partial charge is 0.497 e. The Kier molecular flexibility index (Phi) is 5.17. The van der Waals surface area contributed by atoms with Crippen LogP contribution >= 0.6 is 15.9 Å². The normalized spacial score (nSPS) is 13.8. The molecular weight excluding hydrogens is 318 g/mol. The van der Waals surface area contributed by atoms with E-state index in [1.54, 1.807) is 7.11 Å². The minimum atomic E-state index is -0.632. The average Bonchev–Trinajstić information content (AvgIpc) is 2.50. The van der Waals surface area contributed by atoms with Crippen molar-refractivity contribution in [1.29, 1.82) is 0 Å². The summed E-state index contributed by atoms with van der Waals surface area (Å²) in [5, 5.41) is 10.5. The Morgan fingerprint density at radius 2 is 1.60 bits per heavy atom. The molecule has 0 spiro atoms. The molecule has 2 aromatic rings. The lowest BCUT2D eigenvalue weighted by molar-refractivity contribution is 0.147. The van der Waals surface area contributed by atoms with Crippen molar-refractivity contribution >= 4 is 15.9 Å². The molecule has 3 nitrogen and oxygen atoms in total. The Balaban J connectivity index is 2.23. The second kappa shape index (κ2) is 6.88. The van der Waals surface area contributed by atoms with Crippen LogP contribution in [0.15, 0.2) is 53.0 Å². The number of methoxy groups -OCH3 is 1. The van der Waals surface area contributed by atoms with Gasteiger partial charge in [0.25, 0.3) is 0 Å². The third-order valence-corrected chi connectivity index (χ3v) is 3.92. The number of halogens is 1. The Hall–Kier alpha value is -1.36. The first-order chi connectivity index (χ1) is 9.65. The minimum Gasteiger partial charge on any atom is -0.497 e. The van der Waals surface area contributed by atoms with Crippen LogP contribution in [0, 0.1) is 0 Å². The summed E-state index contributed by atoms with van der Waals surface area (Å²) < 4.78 is 6.13. The van der Waals surface area contributed by atoms with Gasteiger partial charge in [-0.2, -0.15) is 0 Å². The molecule has 2 atom stereocenters. The van der Waals surface area contributed by atoms with E-state index >= 15 is 0 Å². The summed E-state index contributed by atoms with van der Waals surface area (Å²) >= 11 is 3.41. The second-order valence-electron chi connectivity index (χ2n) is 4.61. The first kappa shape index (κ1) is 15.0.